The molecule has 0 aliphatic heterocycles. The van der Waals surface area contributed by atoms with Gasteiger partial charge in [0.25, 0.3) is 11.8 Å². The Labute approximate surface area is 164 Å². The normalized spacial score (nSPS) is 10.5. The molecular weight excluding hydrogens is 350 g/mol. The van der Waals surface area contributed by atoms with E-state index in [0.29, 0.717) is 23.6 Å². The summed E-state index contributed by atoms with van der Waals surface area (Å²) >= 11 is 0. The van der Waals surface area contributed by atoms with Crippen molar-refractivity contribution in [2.75, 3.05) is 5.32 Å². The van der Waals surface area contributed by atoms with E-state index in [2.05, 4.69) is 29.5 Å². The predicted octanol–water partition coefficient (Wildman–Crippen LogP) is 4.39. The van der Waals surface area contributed by atoms with Crippen molar-refractivity contribution in [3.63, 3.8) is 0 Å². The molecule has 2 aromatic carbocycles. The van der Waals surface area contributed by atoms with Gasteiger partial charge >= 0.3 is 0 Å². The zero-order valence-corrected chi connectivity index (χ0v) is 16.0. The molecule has 142 valence electrons. The van der Waals surface area contributed by atoms with Crippen molar-refractivity contribution in [1.29, 1.82) is 0 Å². The topological polar surface area (TPSA) is 71.1 Å². The molecule has 0 atom stereocenters. The van der Waals surface area contributed by atoms with Crippen LogP contribution in [0.25, 0.3) is 0 Å². The van der Waals surface area contributed by atoms with Crippen LogP contribution in [0, 0.1) is 0 Å². The van der Waals surface area contributed by atoms with Crippen LogP contribution in [0.5, 0.6) is 0 Å². The van der Waals surface area contributed by atoms with E-state index in [9.17, 15) is 9.59 Å². The van der Waals surface area contributed by atoms with Gasteiger partial charge in [0.05, 0.1) is 12.2 Å². The molecule has 3 rings (SSSR count). The highest BCUT2D eigenvalue weighted by Gasteiger charge is 2.10. The molecule has 0 unspecified atom stereocenters. The van der Waals surface area contributed by atoms with Crippen molar-refractivity contribution in [2.45, 2.75) is 26.3 Å². The third-order valence-corrected chi connectivity index (χ3v) is 4.40. The van der Waals surface area contributed by atoms with Crippen molar-refractivity contribution < 1.29 is 9.59 Å². The van der Waals surface area contributed by atoms with E-state index < -0.39 is 0 Å². The highest BCUT2D eigenvalue weighted by atomic mass is 16.2. The Morgan fingerprint density at radius 2 is 1.50 bits per heavy atom. The number of carbonyl (C=O) groups is 2. The Kier molecular flexibility index (Phi) is 6.17. The average molecular weight is 373 g/mol. The molecule has 0 radical (unpaired) electrons. The van der Waals surface area contributed by atoms with E-state index >= 15 is 0 Å². The van der Waals surface area contributed by atoms with Gasteiger partial charge in [-0.15, -0.1) is 0 Å². The van der Waals surface area contributed by atoms with Crippen LogP contribution < -0.4 is 10.6 Å². The van der Waals surface area contributed by atoms with Crippen molar-refractivity contribution in [3.8, 4) is 0 Å². The fourth-order valence-corrected chi connectivity index (χ4v) is 2.70. The summed E-state index contributed by atoms with van der Waals surface area (Å²) < 4.78 is 0. The highest BCUT2D eigenvalue weighted by Crippen LogP contribution is 2.18. The number of pyridine rings is 1. The molecule has 28 heavy (non-hydrogen) atoms. The molecule has 0 aliphatic carbocycles. The summed E-state index contributed by atoms with van der Waals surface area (Å²) in [5.41, 5.74) is 3.74. The largest absolute Gasteiger partial charge is 0.346 e. The number of hydrogen-bond donors (Lipinski definition) is 2. The first-order valence-electron chi connectivity index (χ1n) is 9.22. The predicted molar refractivity (Wildman–Crippen MR) is 110 cm³/mol. The third-order valence-electron chi connectivity index (χ3n) is 4.40. The molecule has 5 nitrogen and oxygen atoms in total. The zero-order chi connectivity index (χ0) is 19.9. The maximum atomic E-state index is 12.4. The van der Waals surface area contributed by atoms with E-state index in [1.807, 2.05) is 42.5 Å². The Hall–Kier alpha value is -3.47. The maximum absolute atomic E-state index is 12.4. The summed E-state index contributed by atoms with van der Waals surface area (Å²) in [5, 5.41) is 5.69. The standard InChI is InChI=1S/C23H23N3O2/c1-16(2)17-10-12-20(13-11-17)26-23(28)19-8-6-18(7-9-19)22(27)25-15-21-5-3-4-14-24-21/h3-14,16H,15H2,1-2H3,(H,25,27)(H,26,28). The van der Waals surface area contributed by atoms with Gasteiger partial charge in [0.1, 0.15) is 0 Å². The van der Waals surface area contributed by atoms with Crippen molar-refractivity contribution in [2.24, 2.45) is 0 Å². The first-order chi connectivity index (χ1) is 13.5. The van der Waals surface area contributed by atoms with Crippen molar-refractivity contribution in [3.05, 3.63) is 95.3 Å². The van der Waals surface area contributed by atoms with Crippen molar-refractivity contribution >= 4 is 17.5 Å². The number of nitrogens with zero attached hydrogens (tertiary/aromatic N) is 1. The minimum absolute atomic E-state index is 0.207. The summed E-state index contributed by atoms with van der Waals surface area (Å²) in [6.07, 6.45) is 1.69. The van der Waals surface area contributed by atoms with E-state index in [0.717, 1.165) is 11.4 Å². The van der Waals surface area contributed by atoms with Gasteiger partial charge in [-0.1, -0.05) is 32.0 Å². The molecule has 1 aromatic heterocycles. The lowest BCUT2D eigenvalue weighted by atomic mass is 10.0. The first kappa shape index (κ1) is 19.3. The Morgan fingerprint density at radius 3 is 2.07 bits per heavy atom. The summed E-state index contributed by atoms with van der Waals surface area (Å²) in [6, 6.07) is 19.9. The number of benzene rings is 2. The fourth-order valence-electron chi connectivity index (χ4n) is 2.70. The number of nitrogens with one attached hydrogen (secondary N) is 2. The second kappa shape index (κ2) is 8.95. The van der Waals surface area contributed by atoms with Gasteiger partial charge in [-0.3, -0.25) is 14.6 Å². The Morgan fingerprint density at radius 1 is 0.857 bits per heavy atom. The van der Waals surface area contributed by atoms with Crippen LogP contribution in [0.2, 0.25) is 0 Å². The minimum atomic E-state index is -0.210. The molecule has 0 fully saturated rings. The molecular formula is C23H23N3O2. The van der Waals surface area contributed by atoms with Gasteiger partial charge in [-0.25, -0.2) is 0 Å². The number of hydrogen-bond acceptors (Lipinski definition) is 3. The van der Waals surface area contributed by atoms with Gasteiger partial charge in [0.2, 0.25) is 0 Å². The summed E-state index contributed by atoms with van der Waals surface area (Å²) in [5.74, 6) is 0.0285. The number of amides is 2. The Bertz CT molecular complexity index is 934. The van der Waals surface area contributed by atoms with Crippen LogP contribution in [0.15, 0.2) is 72.9 Å². The maximum Gasteiger partial charge on any atom is 0.255 e. The van der Waals surface area contributed by atoms with Crippen molar-refractivity contribution in [1.82, 2.24) is 10.3 Å². The minimum Gasteiger partial charge on any atom is -0.346 e. The van der Waals surface area contributed by atoms with Gasteiger partial charge in [-0.05, 0) is 60.0 Å². The van der Waals surface area contributed by atoms with Gasteiger partial charge < -0.3 is 10.6 Å². The number of aromatic nitrogens is 1. The van der Waals surface area contributed by atoms with Gasteiger partial charge in [0.15, 0.2) is 0 Å². The number of rotatable bonds is 6. The van der Waals surface area contributed by atoms with E-state index in [1.54, 1.807) is 30.5 Å². The van der Waals surface area contributed by atoms with Crippen LogP contribution in [0.3, 0.4) is 0 Å². The molecule has 2 amide bonds. The molecule has 2 N–H and O–H groups in total. The lowest BCUT2D eigenvalue weighted by Gasteiger charge is -2.09. The Balaban J connectivity index is 1.58. The van der Waals surface area contributed by atoms with Crippen LogP contribution in [0.1, 0.15) is 51.7 Å². The highest BCUT2D eigenvalue weighted by molar-refractivity contribution is 6.05. The quantitative estimate of drug-likeness (QED) is 0.673. The third kappa shape index (κ3) is 5.04. The molecule has 0 bridgehead atoms. The average Bonchev–Trinajstić information content (AvgIpc) is 2.73. The van der Waals surface area contributed by atoms with E-state index in [1.165, 1.54) is 5.56 Å². The van der Waals surface area contributed by atoms with Gasteiger partial charge in [-0.2, -0.15) is 0 Å². The molecule has 0 aliphatic rings. The second-order valence-corrected chi connectivity index (χ2v) is 6.81. The lowest BCUT2D eigenvalue weighted by molar-refractivity contribution is 0.0948. The first-order valence-corrected chi connectivity index (χ1v) is 9.22. The molecule has 0 spiro atoms. The zero-order valence-electron chi connectivity index (χ0n) is 16.0. The fraction of sp³-hybridized carbons (Fsp3) is 0.174. The molecule has 0 saturated heterocycles. The number of anilines is 1. The van der Waals surface area contributed by atoms with Crippen LogP contribution in [-0.2, 0) is 6.54 Å². The molecule has 1 heterocycles. The second-order valence-electron chi connectivity index (χ2n) is 6.81. The smallest absolute Gasteiger partial charge is 0.255 e. The van der Waals surface area contributed by atoms with Gasteiger partial charge in [0, 0.05) is 23.0 Å². The summed E-state index contributed by atoms with van der Waals surface area (Å²) in [4.78, 5) is 28.8. The lowest BCUT2D eigenvalue weighted by Crippen LogP contribution is -2.23. The van der Waals surface area contributed by atoms with Crippen LogP contribution in [-0.4, -0.2) is 16.8 Å². The van der Waals surface area contributed by atoms with Crippen LogP contribution in [0.4, 0.5) is 5.69 Å². The molecule has 3 aromatic rings. The molecule has 5 heteroatoms. The van der Waals surface area contributed by atoms with Crippen LogP contribution >= 0.6 is 0 Å². The summed E-state index contributed by atoms with van der Waals surface area (Å²) in [7, 11) is 0. The number of carbonyl (C=O) groups excluding carboxylic acids is 2. The monoisotopic (exact) mass is 373 g/mol. The molecule has 0 saturated carbocycles. The van der Waals surface area contributed by atoms with E-state index in [4.69, 9.17) is 0 Å². The SMILES string of the molecule is CC(C)c1ccc(NC(=O)c2ccc(C(=O)NCc3ccccn3)cc2)cc1. The summed E-state index contributed by atoms with van der Waals surface area (Å²) in [6.45, 7) is 4.61. The van der Waals surface area contributed by atoms with E-state index in [-0.39, 0.29) is 11.8 Å².